The Kier molecular flexibility index (Phi) is 4.64. The second-order valence-corrected chi connectivity index (χ2v) is 8.35. The molecule has 0 fully saturated rings. The van der Waals surface area contributed by atoms with Crippen LogP contribution in [-0.2, 0) is 12.8 Å². The van der Waals surface area contributed by atoms with E-state index < -0.39 is 0 Å². The fraction of sp³-hybridized carbons (Fsp3) is 0.167. The molecule has 0 atom stereocenters. The Bertz CT molecular complexity index is 1220. The van der Waals surface area contributed by atoms with Crippen molar-refractivity contribution in [2.45, 2.75) is 19.8 Å². The van der Waals surface area contributed by atoms with Crippen LogP contribution in [0, 0.1) is 6.92 Å². The molecule has 0 aliphatic heterocycles. The van der Waals surface area contributed by atoms with Crippen molar-refractivity contribution in [3.8, 4) is 21.9 Å². The van der Waals surface area contributed by atoms with Crippen molar-refractivity contribution in [2.24, 2.45) is 0 Å². The molecule has 2 aromatic heterocycles. The van der Waals surface area contributed by atoms with Gasteiger partial charge in [0.25, 0.3) is 5.91 Å². The average molecular weight is 416 g/mol. The van der Waals surface area contributed by atoms with Gasteiger partial charge in [-0.1, -0.05) is 18.2 Å². The molecule has 1 amide bonds. The van der Waals surface area contributed by atoms with Gasteiger partial charge >= 0.3 is 0 Å². The van der Waals surface area contributed by atoms with E-state index in [0.29, 0.717) is 0 Å². The van der Waals surface area contributed by atoms with E-state index in [0.717, 1.165) is 45.4 Å². The first-order valence-electron chi connectivity index (χ1n) is 9.86. The SMILES string of the molecule is COc1ccc(NC(=O)c2cc3c(s2)-c2c(C)nn(-c4ccccc4)c2CC3)cc1. The van der Waals surface area contributed by atoms with Crippen molar-refractivity contribution >= 4 is 22.9 Å². The van der Waals surface area contributed by atoms with Crippen LogP contribution < -0.4 is 10.1 Å². The molecule has 150 valence electrons. The molecular weight excluding hydrogens is 394 g/mol. The maximum Gasteiger partial charge on any atom is 0.265 e. The lowest BCUT2D eigenvalue weighted by molar-refractivity contribution is 0.103. The van der Waals surface area contributed by atoms with Crippen LogP contribution in [0.1, 0.15) is 26.6 Å². The van der Waals surface area contributed by atoms with E-state index in [1.54, 1.807) is 18.4 Å². The van der Waals surface area contributed by atoms with E-state index in [1.165, 1.54) is 16.8 Å². The molecule has 1 aliphatic rings. The number of thiophene rings is 1. The molecule has 30 heavy (non-hydrogen) atoms. The summed E-state index contributed by atoms with van der Waals surface area (Å²) in [6, 6.07) is 19.6. The first kappa shape index (κ1) is 18.6. The van der Waals surface area contributed by atoms with Gasteiger partial charge in [-0.2, -0.15) is 5.10 Å². The molecule has 6 heteroatoms. The maximum absolute atomic E-state index is 12.9. The van der Waals surface area contributed by atoms with Gasteiger partial charge in [0.05, 0.1) is 29.1 Å². The predicted molar refractivity (Wildman–Crippen MR) is 120 cm³/mol. The van der Waals surface area contributed by atoms with Gasteiger partial charge in [-0.05, 0) is 67.8 Å². The molecular formula is C24H21N3O2S. The number of hydrogen-bond acceptors (Lipinski definition) is 4. The Hall–Kier alpha value is -3.38. The lowest BCUT2D eigenvalue weighted by Crippen LogP contribution is -2.10. The molecule has 0 bridgehead atoms. The molecule has 2 heterocycles. The van der Waals surface area contributed by atoms with Gasteiger partial charge in [-0.15, -0.1) is 11.3 Å². The van der Waals surface area contributed by atoms with E-state index >= 15 is 0 Å². The van der Waals surface area contributed by atoms with Crippen LogP contribution in [0.25, 0.3) is 16.1 Å². The molecule has 0 saturated heterocycles. The molecule has 0 unspecified atom stereocenters. The largest absolute Gasteiger partial charge is 0.497 e. The van der Waals surface area contributed by atoms with Crippen molar-refractivity contribution in [2.75, 3.05) is 12.4 Å². The van der Waals surface area contributed by atoms with Gasteiger partial charge in [-0.25, -0.2) is 4.68 Å². The summed E-state index contributed by atoms with van der Waals surface area (Å²) >= 11 is 1.55. The lowest BCUT2D eigenvalue weighted by atomic mass is 9.95. The number of aryl methyl sites for hydroxylation is 2. The summed E-state index contributed by atoms with van der Waals surface area (Å²) in [7, 11) is 1.62. The van der Waals surface area contributed by atoms with Crippen molar-refractivity contribution in [1.82, 2.24) is 9.78 Å². The predicted octanol–water partition coefficient (Wildman–Crippen LogP) is 5.27. The molecule has 2 aromatic carbocycles. The summed E-state index contributed by atoms with van der Waals surface area (Å²) in [5, 5.41) is 7.79. The number of carbonyl (C=O) groups is 1. The first-order chi connectivity index (χ1) is 14.6. The average Bonchev–Trinajstić information content (AvgIpc) is 3.36. The maximum atomic E-state index is 12.9. The topological polar surface area (TPSA) is 56.1 Å². The van der Waals surface area contributed by atoms with E-state index in [9.17, 15) is 4.79 Å². The minimum absolute atomic E-state index is 0.0887. The van der Waals surface area contributed by atoms with Crippen LogP contribution in [0.3, 0.4) is 0 Å². The van der Waals surface area contributed by atoms with E-state index in [1.807, 2.05) is 60.1 Å². The number of aromatic nitrogens is 2. The molecule has 4 aromatic rings. The molecule has 1 aliphatic carbocycles. The molecule has 1 N–H and O–H groups in total. The number of methoxy groups -OCH3 is 1. The third-order valence-electron chi connectivity index (χ3n) is 5.40. The first-order valence-corrected chi connectivity index (χ1v) is 10.7. The highest BCUT2D eigenvalue weighted by Gasteiger charge is 2.27. The minimum atomic E-state index is -0.0887. The summed E-state index contributed by atoms with van der Waals surface area (Å²) in [5.74, 6) is 0.673. The number of ether oxygens (including phenoxy) is 1. The number of carbonyl (C=O) groups excluding carboxylic acids is 1. The van der Waals surface area contributed by atoms with Gasteiger partial charge in [0, 0.05) is 16.1 Å². The summed E-state index contributed by atoms with van der Waals surface area (Å²) in [4.78, 5) is 14.7. The highest BCUT2D eigenvalue weighted by molar-refractivity contribution is 7.17. The van der Waals surface area contributed by atoms with Crippen LogP contribution in [0.4, 0.5) is 5.69 Å². The molecule has 5 rings (SSSR count). The van der Waals surface area contributed by atoms with E-state index in [-0.39, 0.29) is 5.91 Å². The third-order valence-corrected chi connectivity index (χ3v) is 6.59. The van der Waals surface area contributed by atoms with Gasteiger partial charge in [0.1, 0.15) is 5.75 Å². The van der Waals surface area contributed by atoms with Crippen molar-refractivity contribution in [1.29, 1.82) is 0 Å². The van der Waals surface area contributed by atoms with Crippen LogP contribution in [0.15, 0.2) is 60.7 Å². The van der Waals surface area contributed by atoms with Crippen molar-refractivity contribution < 1.29 is 9.53 Å². The minimum Gasteiger partial charge on any atom is -0.497 e. The highest BCUT2D eigenvalue weighted by Crippen LogP contribution is 2.42. The number of nitrogens with zero attached hydrogens (tertiary/aromatic N) is 2. The zero-order valence-electron chi connectivity index (χ0n) is 16.8. The number of benzene rings is 2. The zero-order chi connectivity index (χ0) is 20.7. The highest BCUT2D eigenvalue weighted by atomic mass is 32.1. The van der Waals surface area contributed by atoms with E-state index in [2.05, 4.69) is 17.4 Å². The normalized spacial score (nSPS) is 12.2. The van der Waals surface area contributed by atoms with Crippen LogP contribution >= 0.6 is 11.3 Å². The number of amides is 1. The van der Waals surface area contributed by atoms with Gasteiger partial charge < -0.3 is 10.1 Å². The summed E-state index contributed by atoms with van der Waals surface area (Å²) in [6.07, 6.45) is 1.82. The van der Waals surface area contributed by atoms with Crippen molar-refractivity contribution in [3.63, 3.8) is 0 Å². The Balaban J connectivity index is 1.47. The standard InChI is InChI=1S/C24H21N3O2S/c1-15-22-20(27(26-15)18-6-4-3-5-7-18)13-8-16-14-21(30-23(16)22)24(28)25-17-9-11-19(29-2)12-10-17/h3-7,9-12,14H,8,13H2,1-2H3,(H,25,28). The van der Waals surface area contributed by atoms with Crippen LogP contribution in [-0.4, -0.2) is 22.8 Å². The number of hydrogen-bond donors (Lipinski definition) is 1. The number of para-hydroxylation sites is 1. The Labute approximate surface area is 178 Å². The Morgan fingerprint density at radius 2 is 1.87 bits per heavy atom. The quantitative estimate of drug-likeness (QED) is 0.494. The summed E-state index contributed by atoms with van der Waals surface area (Å²) in [6.45, 7) is 2.05. The smallest absolute Gasteiger partial charge is 0.265 e. The third kappa shape index (κ3) is 3.19. The van der Waals surface area contributed by atoms with Gasteiger partial charge in [-0.3, -0.25) is 4.79 Å². The number of rotatable bonds is 4. The number of anilines is 1. The lowest BCUT2D eigenvalue weighted by Gasteiger charge is -2.14. The molecule has 5 nitrogen and oxygen atoms in total. The monoisotopic (exact) mass is 415 g/mol. The van der Waals surface area contributed by atoms with Crippen molar-refractivity contribution in [3.05, 3.63) is 82.5 Å². The summed E-state index contributed by atoms with van der Waals surface area (Å²) in [5.41, 5.74) is 6.44. The van der Waals surface area contributed by atoms with Crippen LogP contribution in [0.5, 0.6) is 5.75 Å². The summed E-state index contributed by atoms with van der Waals surface area (Å²) < 4.78 is 7.22. The number of fused-ring (bicyclic) bond motifs is 3. The second kappa shape index (κ2) is 7.46. The second-order valence-electron chi connectivity index (χ2n) is 7.30. The van der Waals surface area contributed by atoms with Gasteiger partial charge in [0.15, 0.2) is 0 Å². The Morgan fingerprint density at radius 1 is 1.10 bits per heavy atom. The Morgan fingerprint density at radius 3 is 2.60 bits per heavy atom. The fourth-order valence-electron chi connectivity index (χ4n) is 3.94. The molecule has 0 radical (unpaired) electrons. The zero-order valence-corrected chi connectivity index (χ0v) is 17.6. The van der Waals surface area contributed by atoms with Gasteiger partial charge in [0.2, 0.25) is 0 Å². The molecule has 0 saturated carbocycles. The van der Waals surface area contributed by atoms with E-state index in [4.69, 9.17) is 9.84 Å². The number of nitrogens with one attached hydrogen (secondary N) is 1. The molecule has 0 spiro atoms. The van der Waals surface area contributed by atoms with Crippen LogP contribution in [0.2, 0.25) is 0 Å². The fourth-order valence-corrected chi connectivity index (χ4v) is 5.17.